The van der Waals surface area contributed by atoms with E-state index in [2.05, 4.69) is 12.1 Å². The van der Waals surface area contributed by atoms with E-state index in [1.54, 1.807) is 0 Å². The maximum absolute atomic E-state index is 10.2. The van der Waals surface area contributed by atoms with Crippen LogP contribution in [0.5, 0.6) is 0 Å². The van der Waals surface area contributed by atoms with Crippen molar-refractivity contribution in [1.29, 1.82) is 0 Å². The van der Waals surface area contributed by atoms with E-state index in [0.29, 0.717) is 0 Å². The van der Waals surface area contributed by atoms with Crippen molar-refractivity contribution in [3.8, 4) is 0 Å². The van der Waals surface area contributed by atoms with Crippen molar-refractivity contribution < 1.29 is 10.2 Å². The van der Waals surface area contributed by atoms with E-state index in [4.69, 9.17) is 0 Å². The lowest BCUT2D eigenvalue weighted by atomic mass is 9.83. The lowest BCUT2D eigenvalue weighted by Gasteiger charge is -2.27. The van der Waals surface area contributed by atoms with Gasteiger partial charge in [-0.3, -0.25) is 0 Å². The van der Waals surface area contributed by atoms with E-state index in [1.807, 2.05) is 36.4 Å². The molecule has 0 aromatic heterocycles. The first-order chi connectivity index (χ1) is 8.77. The molecule has 2 N–H and O–H groups in total. The third-order valence-electron chi connectivity index (χ3n) is 3.89. The van der Waals surface area contributed by atoms with E-state index >= 15 is 0 Å². The van der Waals surface area contributed by atoms with Crippen LogP contribution in [0.25, 0.3) is 21.5 Å². The fraction of sp³-hybridized carbons (Fsp3) is 0.125. The number of benzene rings is 3. The van der Waals surface area contributed by atoms with Crippen molar-refractivity contribution in [3.63, 3.8) is 0 Å². The van der Waals surface area contributed by atoms with Gasteiger partial charge in [-0.05, 0) is 32.7 Å². The van der Waals surface area contributed by atoms with Gasteiger partial charge in [0.25, 0.3) is 0 Å². The van der Waals surface area contributed by atoms with Crippen LogP contribution in [-0.2, 0) is 0 Å². The van der Waals surface area contributed by atoms with Gasteiger partial charge >= 0.3 is 0 Å². The Hall–Kier alpha value is -1.90. The van der Waals surface area contributed by atoms with Crippen LogP contribution in [0, 0.1) is 0 Å². The Balaban J connectivity index is 2.36. The van der Waals surface area contributed by atoms with E-state index in [1.165, 1.54) is 0 Å². The molecule has 0 bridgehead atoms. The summed E-state index contributed by atoms with van der Waals surface area (Å²) in [6.07, 6.45) is -1.68. The number of rotatable bonds is 0. The molecule has 0 fully saturated rings. The number of aliphatic hydroxyl groups excluding tert-OH is 2. The topological polar surface area (TPSA) is 40.5 Å². The normalized spacial score (nSPS) is 21.9. The standard InChI is InChI=1S/C16H12O2/c17-15-11-5-1-3-9-7-8-10-4-2-6-12(16(15)18)14(10)13(9)11/h1-8,15-18H/t15-,16+. The van der Waals surface area contributed by atoms with Crippen LogP contribution in [0.4, 0.5) is 0 Å². The zero-order valence-electron chi connectivity index (χ0n) is 9.67. The summed E-state index contributed by atoms with van der Waals surface area (Å²) in [6, 6.07) is 15.8. The molecule has 2 nitrogen and oxygen atoms in total. The molecule has 3 aromatic carbocycles. The predicted octanol–water partition coefficient (Wildman–Crippen LogP) is 3.07. The van der Waals surface area contributed by atoms with Crippen LogP contribution >= 0.6 is 0 Å². The predicted molar refractivity (Wildman–Crippen MR) is 71.4 cm³/mol. The molecule has 2 heteroatoms. The Kier molecular flexibility index (Phi) is 1.85. The number of aliphatic hydroxyl groups is 2. The first kappa shape index (κ1) is 10.1. The van der Waals surface area contributed by atoms with Crippen LogP contribution in [-0.4, -0.2) is 10.2 Å². The molecule has 0 spiro atoms. The minimum atomic E-state index is -0.839. The molecule has 2 atom stereocenters. The third-order valence-corrected chi connectivity index (χ3v) is 3.89. The van der Waals surface area contributed by atoms with Gasteiger partial charge in [-0.25, -0.2) is 0 Å². The van der Waals surface area contributed by atoms with Gasteiger partial charge in [0, 0.05) is 0 Å². The lowest BCUT2D eigenvalue weighted by molar-refractivity contribution is 0.0178. The molecule has 0 amide bonds. The van der Waals surface area contributed by atoms with Crippen LogP contribution in [0.3, 0.4) is 0 Å². The average Bonchev–Trinajstić information content (AvgIpc) is 2.43. The molecule has 0 saturated carbocycles. The highest BCUT2D eigenvalue weighted by Gasteiger charge is 2.29. The summed E-state index contributed by atoms with van der Waals surface area (Å²) in [6.45, 7) is 0. The van der Waals surface area contributed by atoms with Gasteiger partial charge in [-0.15, -0.1) is 0 Å². The van der Waals surface area contributed by atoms with Crippen molar-refractivity contribution >= 4 is 21.5 Å². The quantitative estimate of drug-likeness (QED) is 0.589. The second-order valence-corrected chi connectivity index (χ2v) is 4.85. The van der Waals surface area contributed by atoms with Crippen LogP contribution in [0.1, 0.15) is 23.3 Å². The van der Waals surface area contributed by atoms with Crippen LogP contribution < -0.4 is 0 Å². The van der Waals surface area contributed by atoms with Crippen LogP contribution in [0.15, 0.2) is 48.5 Å². The molecule has 0 aliphatic heterocycles. The van der Waals surface area contributed by atoms with E-state index < -0.39 is 12.2 Å². The van der Waals surface area contributed by atoms with Gasteiger partial charge in [0.05, 0.1) is 0 Å². The molecule has 0 heterocycles. The van der Waals surface area contributed by atoms with Crippen LogP contribution in [0.2, 0.25) is 0 Å². The molecule has 88 valence electrons. The smallest absolute Gasteiger partial charge is 0.110 e. The van der Waals surface area contributed by atoms with Crippen molar-refractivity contribution in [2.24, 2.45) is 0 Å². The monoisotopic (exact) mass is 236 g/mol. The van der Waals surface area contributed by atoms with E-state index in [0.717, 1.165) is 32.7 Å². The molecule has 0 saturated heterocycles. The SMILES string of the molecule is O[C@@H]1c2cccc3ccc4cccc(c4c23)[C@@H]1O. The first-order valence-electron chi connectivity index (χ1n) is 6.08. The number of hydrogen-bond donors (Lipinski definition) is 2. The van der Waals surface area contributed by atoms with Crippen molar-refractivity contribution in [2.75, 3.05) is 0 Å². The van der Waals surface area contributed by atoms with Gasteiger partial charge in [0.1, 0.15) is 12.2 Å². The molecule has 1 aliphatic rings. The summed E-state index contributed by atoms with van der Waals surface area (Å²) >= 11 is 0. The highest BCUT2D eigenvalue weighted by atomic mass is 16.3. The Labute approximate surface area is 104 Å². The molecule has 4 rings (SSSR count). The lowest BCUT2D eigenvalue weighted by Crippen LogP contribution is -2.15. The zero-order valence-corrected chi connectivity index (χ0v) is 9.67. The van der Waals surface area contributed by atoms with Crippen molar-refractivity contribution in [2.45, 2.75) is 12.2 Å². The molecular formula is C16H12O2. The summed E-state index contributed by atoms with van der Waals surface area (Å²) in [5.74, 6) is 0. The minimum Gasteiger partial charge on any atom is -0.385 e. The van der Waals surface area contributed by atoms with Gasteiger partial charge in [0.2, 0.25) is 0 Å². The summed E-state index contributed by atoms with van der Waals surface area (Å²) in [4.78, 5) is 0. The maximum Gasteiger partial charge on any atom is 0.110 e. The fourth-order valence-corrected chi connectivity index (χ4v) is 3.05. The Morgan fingerprint density at radius 1 is 0.611 bits per heavy atom. The summed E-state index contributed by atoms with van der Waals surface area (Å²) in [7, 11) is 0. The fourth-order valence-electron chi connectivity index (χ4n) is 3.05. The first-order valence-corrected chi connectivity index (χ1v) is 6.08. The Bertz CT molecular complexity index is 710. The number of hydrogen-bond acceptors (Lipinski definition) is 2. The van der Waals surface area contributed by atoms with E-state index in [-0.39, 0.29) is 0 Å². The third kappa shape index (κ3) is 1.09. The average molecular weight is 236 g/mol. The second-order valence-electron chi connectivity index (χ2n) is 4.85. The Morgan fingerprint density at radius 3 is 1.50 bits per heavy atom. The summed E-state index contributed by atoms with van der Waals surface area (Å²) in [5, 5.41) is 24.8. The van der Waals surface area contributed by atoms with Gasteiger partial charge in [-0.2, -0.15) is 0 Å². The van der Waals surface area contributed by atoms with Gasteiger partial charge in [0.15, 0.2) is 0 Å². The maximum atomic E-state index is 10.2. The van der Waals surface area contributed by atoms with Crippen molar-refractivity contribution in [1.82, 2.24) is 0 Å². The van der Waals surface area contributed by atoms with Gasteiger partial charge in [-0.1, -0.05) is 48.5 Å². The molecule has 18 heavy (non-hydrogen) atoms. The van der Waals surface area contributed by atoms with Gasteiger partial charge < -0.3 is 10.2 Å². The zero-order chi connectivity index (χ0) is 12.3. The second kappa shape index (κ2) is 3.31. The van der Waals surface area contributed by atoms with Crippen molar-refractivity contribution in [3.05, 3.63) is 59.7 Å². The highest BCUT2D eigenvalue weighted by molar-refractivity contribution is 6.12. The molecule has 0 unspecified atom stereocenters. The summed E-state index contributed by atoms with van der Waals surface area (Å²) < 4.78 is 0. The highest BCUT2D eigenvalue weighted by Crippen LogP contribution is 2.44. The molecular weight excluding hydrogens is 224 g/mol. The molecule has 3 aromatic rings. The summed E-state index contributed by atoms with van der Waals surface area (Å²) in [5.41, 5.74) is 1.65. The largest absolute Gasteiger partial charge is 0.385 e. The Morgan fingerprint density at radius 2 is 1.06 bits per heavy atom. The van der Waals surface area contributed by atoms with E-state index in [9.17, 15) is 10.2 Å². The molecule has 1 aliphatic carbocycles. The minimum absolute atomic E-state index is 0.823. The molecule has 0 radical (unpaired) electrons.